The molecule has 6 rings (SSSR count). The first-order chi connectivity index (χ1) is 14.4. The van der Waals surface area contributed by atoms with E-state index in [1.807, 2.05) is 6.07 Å². The van der Waals surface area contributed by atoms with E-state index in [-0.39, 0.29) is 0 Å². The molecule has 1 heteroatoms. The maximum absolute atomic E-state index is 6.22. The van der Waals surface area contributed by atoms with Gasteiger partial charge in [-0.1, -0.05) is 91.0 Å². The van der Waals surface area contributed by atoms with Crippen LogP contribution in [0.4, 0.5) is 0 Å². The fourth-order valence-corrected chi connectivity index (χ4v) is 4.23. The van der Waals surface area contributed by atoms with Crippen molar-refractivity contribution < 1.29 is 4.42 Å². The van der Waals surface area contributed by atoms with Crippen molar-refractivity contribution in [3.63, 3.8) is 0 Å². The largest absolute Gasteiger partial charge is 0.456 e. The number of hydrogen-bond acceptors (Lipinski definition) is 1. The van der Waals surface area contributed by atoms with Gasteiger partial charge < -0.3 is 4.42 Å². The van der Waals surface area contributed by atoms with E-state index < -0.39 is 0 Å². The molecule has 0 amide bonds. The molecule has 1 heterocycles. The summed E-state index contributed by atoms with van der Waals surface area (Å²) in [6.07, 6.45) is 0. The second kappa shape index (κ2) is 6.35. The highest BCUT2D eigenvalue weighted by Crippen LogP contribution is 2.38. The van der Waals surface area contributed by atoms with E-state index in [1.54, 1.807) is 0 Å². The lowest BCUT2D eigenvalue weighted by molar-refractivity contribution is 0.669. The van der Waals surface area contributed by atoms with Crippen LogP contribution >= 0.6 is 0 Å². The molecule has 0 atom stereocenters. The third-order valence-electron chi connectivity index (χ3n) is 5.67. The van der Waals surface area contributed by atoms with Gasteiger partial charge in [0.2, 0.25) is 0 Å². The zero-order chi connectivity index (χ0) is 19.2. The number of furan rings is 1. The molecule has 1 nitrogen and oxygen atoms in total. The quantitative estimate of drug-likeness (QED) is 0.300. The molecular weight excluding hydrogens is 352 g/mol. The van der Waals surface area contributed by atoms with Gasteiger partial charge in [-0.05, 0) is 51.2 Å². The SMILES string of the molecule is c1ccc(-c2ccc(-c3cccc4oc5cc6ccccc6cc5c34)cc2)cc1. The molecule has 29 heavy (non-hydrogen) atoms. The summed E-state index contributed by atoms with van der Waals surface area (Å²) in [4.78, 5) is 0. The summed E-state index contributed by atoms with van der Waals surface area (Å²) in [5, 5.41) is 4.78. The monoisotopic (exact) mass is 370 g/mol. The predicted octanol–water partition coefficient (Wildman–Crippen LogP) is 8.07. The number of fused-ring (bicyclic) bond motifs is 4. The Bertz CT molecular complexity index is 1470. The Balaban J connectivity index is 1.56. The average Bonchev–Trinajstić information content (AvgIpc) is 3.16. The van der Waals surface area contributed by atoms with Gasteiger partial charge in [0.1, 0.15) is 11.2 Å². The van der Waals surface area contributed by atoms with E-state index in [4.69, 9.17) is 4.42 Å². The molecule has 0 fully saturated rings. The Morgan fingerprint density at radius 3 is 1.90 bits per heavy atom. The van der Waals surface area contributed by atoms with E-state index in [1.165, 1.54) is 43.8 Å². The molecule has 136 valence electrons. The molecule has 0 saturated carbocycles. The first-order valence-corrected chi connectivity index (χ1v) is 9.87. The summed E-state index contributed by atoms with van der Waals surface area (Å²) >= 11 is 0. The smallest absolute Gasteiger partial charge is 0.136 e. The van der Waals surface area contributed by atoms with Gasteiger partial charge in [-0.3, -0.25) is 0 Å². The predicted molar refractivity (Wildman–Crippen MR) is 122 cm³/mol. The van der Waals surface area contributed by atoms with Crippen LogP contribution in [0.3, 0.4) is 0 Å². The van der Waals surface area contributed by atoms with Crippen molar-refractivity contribution in [1.82, 2.24) is 0 Å². The van der Waals surface area contributed by atoms with E-state index in [9.17, 15) is 0 Å². The molecule has 0 aliphatic rings. The van der Waals surface area contributed by atoms with Crippen LogP contribution in [0.25, 0.3) is 55.0 Å². The third-order valence-corrected chi connectivity index (χ3v) is 5.67. The van der Waals surface area contributed by atoms with Gasteiger partial charge in [-0.2, -0.15) is 0 Å². The Morgan fingerprint density at radius 1 is 0.448 bits per heavy atom. The molecule has 0 spiro atoms. The summed E-state index contributed by atoms with van der Waals surface area (Å²) in [5.41, 5.74) is 6.73. The fraction of sp³-hybridized carbons (Fsp3) is 0. The van der Waals surface area contributed by atoms with Crippen molar-refractivity contribution in [2.24, 2.45) is 0 Å². The minimum Gasteiger partial charge on any atom is -0.456 e. The van der Waals surface area contributed by atoms with Gasteiger partial charge in [-0.15, -0.1) is 0 Å². The molecule has 0 bridgehead atoms. The topological polar surface area (TPSA) is 13.1 Å². The second-order valence-corrected chi connectivity index (χ2v) is 7.42. The molecule has 0 unspecified atom stereocenters. The molecule has 0 N–H and O–H groups in total. The lowest BCUT2D eigenvalue weighted by Gasteiger charge is -2.07. The lowest BCUT2D eigenvalue weighted by Crippen LogP contribution is -1.82. The van der Waals surface area contributed by atoms with Gasteiger partial charge in [0, 0.05) is 10.8 Å². The molecule has 0 aliphatic carbocycles. The Kier molecular flexibility index (Phi) is 3.54. The minimum absolute atomic E-state index is 0.931. The van der Waals surface area contributed by atoms with Crippen LogP contribution in [0.2, 0.25) is 0 Å². The maximum Gasteiger partial charge on any atom is 0.136 e. The summed E-state index contributed by atoms with van der Waals surface area (Å²) in [5.74, 6) is 0. The summed E-state index contributed by atoms with van der Waals surface area (Å²) < 4.78 is 6.22. The zero-order valence-electron chi connectivity index (χ0n) is 15.8. The highest BCUT2D eigenvalue weighted by Gasteiger charge is 2.13. The standard InChI is InChI=1S/C28H18O/c1-2-7-19(8-3-1)20-13-15-21(16-14-20)24-11-6-12-26-28(24)25-17-22-9-4-5-10-23(22)18-27(25)29-26/h1-18H. The lowest BCUT2D eigenvalue weighted by atomic mass is 9.96. The fourth-order valence-electron chi connectivity index (χ4n) is 4.23. The Labute approximate surface area is 168 Å². The molecule has 0 radical (unpaired) electrons. The van der Waals surface area contributed by atoms with Crippen LogP contribution in [-0.4, -0.2) is 0 Å². The van der Waals surface area contributed by atoms with Crippen LogP contribution in [0.5, 0.6) is 0 Å². The van der Waals surface area contributed by atoms with Crippen LogP contribution in [-0.2, 0) is 0 Å². The molecule has 1 aromatic heterocycles. The van der Waals surface area contributed by atoms with E-state index >= 15 is 0 Å². The molecular formula is C28H18O. The van der Waals surface area contributed by atoms with Crippen molar-refractivity contribution >= 4 is 32.7 Å². The molecule has 6 aromatic rings. The second-order valence-electron chi connectivity index (χ2n) is 7.42. The first-order valence-electron chi connectivity index (χ1n) is 9.87. The summed E-state index contributed by atoms with van der Waals surface area (Å²) in [6, 6.07) is 38.4. The summed E-state index contributed by atoms with van der Waals surface area (Å²) in [7, 11) is 0. The maximum atomic E-state index is 6.22. The number of hydrogen-bond donors (Lipinski definition) is 0. The number of benzene rings is 5. The van der Waals surface area contributed by atoms with Crippen molar-refractivity contribution in [2.75, 3.05) is 0 Å². The van der Waals surface area contributed by atoms with E-state index in [0.717, 1.165) is 11.2 Å². The van der Waals surface area contributed by atoms with Gasteiger partial charge >= 0.3 is 0 Å². The highest BCUT2D eigenvalue weighted by atomic mass is 16.3. The van der Waals surface area contributed by atoms with Crippen molar-refractivity contribution in [1.29, 1.82) is 0 Å². The summed E-state index contributed by atoms with van der Waals surface area (Å²) in [6.45, 7) is 0. The third kappa shape index (κ3) is 2.63. The van der Waals surface area contributed by atoms with Gasteiger partial charge in [-0.25, -0.2) is 0 Å². The van der Waals surface area contributed by atoms with E-state index in [2.05, 4.69) is 103 Å². The Morgan fingerprint density at radius 2 is 1.10 bits per heavy atom. The van der Waals surface area contributed by atoms with Crippen molar-refractivity contribution in [2.45, 2.75) is 0 Å². The average molecular weight is 370 g/mol. The van der Waals surface area contributed by atoms with Crippen molar-refractivity contribution in [3.05, 3.63) is 109 Å². The van der Waals surface area contributed by atoms with Crippen molar-refractivity contribution in [3.8, 4) is 22.3 Å². The molecule has 0 aliphatic heterocycles. The first kappa shape index (κ1) is 16.1. The number of rotatable bonds is 2. The highest BCUT2D eigenvalue weighted by molar-refractivity contribution is 6.15. The normalized spacial score (nSPS) is 11.4. The zero-order valence-corrected chi connectivity index (χ0v) is 15.8. The van der Waals surface area contributed by atoms with Gasteiger partial charge in [0.25, 0.3) is 0 Å². The van der Waals surface area contributed by atoms with Crippen LogP contribution in [0.1, 0.15) is 0 Å². The van der Waals surface area contributed by atoms with Crippen LogP contribution in [0.15, 0.2) is 114 Å². The molecule has 0 saturated heterocycles. The molecule has 5 aromatic carbocycles. The Hall–Kier alpha value is -3.84. The van der Waals surface area contributed by atoms with Crippen LogP contribution in [0, 0.1) is 0 Å². The van der Waals surface area contributed by atoms with Gasteiger partial charge in [0.05, 0.1) is 0 Å². The minimum atomic E-state index is 0.931. The van der Waals surface area contributed by atoms with E-state index in [0.29, 0.717) is 0 Å². The van der Waals surface area contributed by atoms with Gasteiger partial charge in [0.15, 0.2) is 0 Å². The van der Waals surface area contributed by atoms with Crippen LogP contribution < -0.4 is 0 Å².